The van der Waals surface area contributed by atoms with Gasteiger partial charge in [0.25, 0.3) is 0 Å². The van der Waals surface area contributed by atoms with Crippen LogP contribution in [0.3, 0.4) is 0 Å². The van der Waals surface area contributed by atoms with Crippen molar-refractivity contribution < 1.29 is 0 Å². The Morgan fingerprint density at radius 1 is 0.246 bits per heavy atom. The quantitative estimate of drug-likeness (QED) is 0.160. The van der Waals surface area contributed by atoms with Crippen molar-refractivity contribution in [3.8, 4) is 27.9 Å². The summed E-state index contributed by atoms with van der Waals surface area (Å²) in [6.07, 6.45) is 0. The fraction of sp³-hybridized carbons (Fsp3) is 0. The van der Waals surface area contributed by atoms with Crippen molar-refractivity contribution in [2.24, 2.45) is 0 Å². The van der Waals surface area contributed by atoms with E-state index in [2.05, 4.69) is 193 Å². The lowest BCUT2D eigenvalue weighted by atomic mass is 9.88. The average Bonchev–Trinajstić information content (AvgIpc) is 3.61. The Morgan fingerprint density at radius 3 is 1.11 bits per heavy atom. The smallest absolute Gasteiger partial charge is 0.0547 e. The first-order chi connectivity index (χ1) is 28.2. The van der Waals surface area contributed by atoms with Crippen LogP contribution in [0, 0.1) is 0 Å². The van der Waals surface area contributed by atoms with Crippen molar-refractivity contribution in [3.63, 3.8) is 0 Å². The maximum absolute atomic E-state index is 2.49. The van der Waals surface area contributed by atoms with Gasteiger partial charge in [0.1, 0.15) is 0 Å². The van der Waals surface area contributed by atoms with Crippen molar-refractivity contribution in [1.82, 2.24) is 4.57 Å². The van der Waals surface area contributed by atoms with Gasteiger partial charge >= 0.3 is 0 Å². The van der Waals surface area contributed by atoms with Crippen LogP contribution in [0.15, 0.2) is 188 Å². The van der Waals surface area contributed by atoms with Gasteiger partial charge in [0.05, 0.1) is 11.0 Å². The number of hydrogen-bond acceptors (Lipinski definition) is 0. The van der Waals surface area contributed by atoms with E-state index in [9.17, 15) is 0 Å². The molecule has 0 aliphatic rings. The zero-order valence-electron chi connectivity index (χ0n) is 30.8. The summed E-state index contributed by atoms with van der Waals surface area (Å²) < 4.78 is 2.49. The fourth-order valence-electron chi connectivity index (χ4n) is 10.7. The number of nitrogens with zero attached hydrogens (tertiary/aromatic N) is 1. The van der Waals surface area contributed by atoms with Crippen LogP contribution in [-0.4, -0.2) is 4.57 Å². The SMILES string of the molecule is c1ccc2cc(-n3c4ccc(-c5cc6ccc7cccc8ccc(c5)c6c78)c5ccc6c(-c7cc8ccc9cccc%10ccc(c7)c8c9%10)ccc3c6c54)ccc2c1. The maximum Gasteiger partial charge on any atom is 0.0547 e. The van der Waals surface area contributed by atoms with E-state index in [1.54, 1.807) is 0 Å². The number of aromatic nitrogens is 1. The Balaban J connectivity index is 1.06. The monoisotopic (exact) mass is 717 g/mol. The zero-order chi connectivity index (χ0) is 36.9. The second kappa shape index (κ2) is 10.6. The highest BCUT2D eigenvalue weighted by atomic mass is 15.0. The molecule has 13 aromatic carbocycles. The third-order valence-corrected chi connectivity index (χ3v) is 13.1. The Morgan fingerprint density at radius 2 is 0.632 bits per heavy atom. The normalized spacial score (nSPS) is 12.6. The van der Waals surface area contributed by atoms with Gasteiger partial charge in [0, 0.05) is 16.5 Å². The van der Waals surface area contributed by atoms with Gasteiger partial charge in [-0.3, -0.25) is 0 Å². The molecule has 0 radical (unpaired) electrons. The standard InChI is InChI=1S/C56H31N/c1-2-6-37-31-44(20-19-32(37)5-1)57-49-25-23-45(42-27-38-15-11-33-7-3-8-34-12-16-39(28-42)53(38)51(33)34)47-21-22-48-46(24-26-50(57)56(48)55(47)49)43-29-40-17-13-35-9-4-10-36-14-18-41(30-43)54(40)52(35)36/h1-31H. The van der Waals surface area contributed by atoms with Crippen LogP contribution in [0.5, 0.6) is 0 Å². The third-order valence-electron chi connectivity index (χ3n) is 13.1. The van der Waals surface area contributed by atoms with Crippen molar-refractivity contribution in [2.75, 3.05) is 0 Å². The molecule has 0 saturated heterocycles. The molecule has 1 aromatic heterocycles. The Hall–Kier alpha value is -7.48. The second-order valence-electron chi connectivity index (χ2n) is 16.1. The van der Waals surface area contributed by atoms with Crippen molar-refractivity contribution in [2.45, 2.75) is 0 Å². The van der Waals surface area contributed by atoms with Crippen molar-refractivity contribution >= 4 is 108 Å². The summed E-state index contributed by atoms with van der Waals surface area (Å²) in [7, 11) is 0. The first-order valence-electron chi connectivity index (χ1n) is 19.9. The molecule has 0 aliphatic carbocycles. The van der Waals surface area contributed by atoms with E-state index in [4.69, 9.17) is 0 Å². The minimum Gasteiger partial charge on any atom is -0.309 e. The number of hydrogen-bond donors (Lipinski definition) is 0. The summed E-state index contributed by atoms with van der Waals surface area (Å²) >= 11 is 0. The summed E-state index contributed by atoms with van der Waals surface area (Å²) in [5, 5.41) is 23.5. The molecule has 0 unspecified atom stereocenters. The van der Waals surface area contributed by atoms with Crippen LogP contribution < -0.4 is 0 Å². The fourth-order valence-corrected chi connectivity index (χ4v) is 10.7. The van der Waals surface area contributed by atoms with Gasteiger partial charge in [0.2, 0.25) is 0 Å². The maximum atomic E-state index is 2.49. The predicted molar refractivity (Wildman–Crippen MR) is 245 cm³/mol. The highest BCUT2D eigenvalue weighted by Crippen LogP contribution is 2.47. The van der Waals surface area contributed by atoms with E-state index in [1.807, 2.05) is 0 Å². The summed E-state index contributed by atoms with van der Waals surface area (Å²) in [5.74, 6) is 0. The Bertz CT molecular complexity index is 3630. The van der Waals surface area contributed by atoms with Crippen LogP contribution in [0.1, 0.15) is 0 Å². The topological polar surface area (TPSA) is 4.93 Å². The van der Waals surface area contributed by atoms with Crippen LogP contribution in [-0.2, 0) is 0 Å². The van der Waals surface area contributed by atoms with Gasteiger partial charge in [-0.05, 0) is 157 Å². The van der Waals surface area contributed by atoms with Gasteiger partial charge < -0.3 is 4.57 Å². The molecule has 0 bridgehead atoms. The molecule has 0 saturated carbocycles. The van der Waals surface area contributed by atoms with E-state index >= 15 is 0 Å². The minimum atomic E-state index is 1.18. The lowest BCUT2D eigenvalue weighted by Crippen LogP contribution is -1.94. The molecule has 1 nitrogen and oxygen atoms in total. The highest BCUT2D eigenvalue weighted by molar-refractivity contribution is 6.30. The second-order valence-corrected chi connectivity index (χ2v) is 16.1. The molecule has 1 heterocycles. The van der Waals surface area contributed by atoms with E-state index in [1.165, 1.54) is 136 Å². The first kappa shape index (κ1) is 29.8. The Kier molecular flexibility index (Phi) is 5.56. The summed E-state index contributed by atoms with van der Waals surface area (Å²) in [4.78, 5) is 0. The van der Waals surface area contributed by atoms with Crippen LogP contribution in [0.2, 0.25) is 0 Å². The summed E-state index contributed by atoms with van der Waals surface area (Å²) in [6, 6.07) is 71.0. The van der Waals surface area contributed by atoms with Gasteiger partial charge in [-0.15, -0.1) is 0 Å². The van der Waals surface area contributed by atoms with E-state index < -0.39 is 0 Å². The van der Waals surface area contributed by atoms with E-state index in [0.29, 0.717) is 0 Å². The number of benzene rings is 13. The molecule has 0 atom stereocenters. The van der Waals surface area contributed by atoms with Crippen LogP contribution >= 0.6 is 0 Å². The summed E-state index contributed by atoms with van der Waals surface area (Å²) in [6.45, 7) is 0. The minimum absolute atomic E-state index is 1.18. The Labute approximate surface area is 327 Å². The molecule has 57 heavy (non-hydrogen) atoms. The molecule has 0 amide bonds. The molecule has 1 heteroatoms. The zero-order valence-corrected chi connectivity index (χ0v) is 30.8. The molecule has 14 rings (SSSR count). The lowest BCUT2D eigenvalue weighted by molar-refractivity contribution is 1.19. The first-order valence-corrected chi connectivity index (χ1v) is 19.9. The van der Waals surface area contributed by atoms with Crippen LogP contribution in [0.25, 0.3) is 136 Å². The molecule has 260 valence electrons. The summed E-state index contributed by atoms with van der Waals surface area (Å²) in [5.41, 5.74) is 8.67. The largest absolute Gasteiger partial charge is 0.309 e. The van der Waals surface area contributed by atoms with E-state index in [0.717, 1.165) is 0 Å². The van der Waals surface area contributed by atoms with Gasteiger partial charge in [-0.1, -0.05) is 140 Å². The van der Waals surface area contributed by atoms with E-state index in [-0.39, 0.29) is 0 Å². The molecule has 0 N–H and O–H groups in total. The molecular weight excluding hydrogens is 687 g/mol. The molecule has 0 spiro atoms. The number of rotatable bonds is 3. The highest BCUT2D eigenvalue weighted by Gasteiger charge is 2.22. The van der Waals surface area contributed by atoms with Crippen molar-refractivity contribution in [3.05, 3.63) is 188 Å². The predicted octanol–water partition coefficient (Wildman–Crippen LogP) is 15.7. The lowest BCUT2D eigenvalue weighted by Gasteiger charge is -2.15. The molecule has 0 fully saturated rings. The third kappa shape index (κ3) is 3.93. The van der Waals surface area contributed by atoms with Gasteiger partial charge in [-0.25, -0.2) is 0 Å². The average molecular weight is 718 g/mol. The van der Waals surface area contributed by atoms with Crippen molar-refractivity contribution in [1.29, 1.82) is 0 Å². The van der Waals surface area contributed by atoms with Gasteiger partial charge in [0.15, 0.2) is 0 Å². The van der Waals surface area contributed by atoms with Crippen LogP contribution in [0.4, 0.5) is 0 Å². The number of fused-ring (bicyclic) bond motifs is 1. The molecule has 0 aliphatic heterocycles. The van der Waals surface area contributed by atoms with Gasteiger partial charge in [-0.2, -0.15) is 0 Å². The molecular formula is C56H31N. The molecule has 14 aromatic rings.